The lowest BCUT2D eigenvalue weighted by atomic mass is 9.72. The van der Waals surface area contributed by atoms with Crippen LogP contribution in [0.4, 0.5) is 11.4 Å². The van der Waals surface area contributed by atoms with Crippen LogP contribution in [0.25, 0.3) is 22.1 Å². The summed E-state index contributed by atoms with van der Waals surface area (Å²) in [5, 5.41) is 32.7. The lowest BCUT2D eigenvalue weighted by molar-refractivity contribution is 0.427. The normalized spacial score (nSPS) is 11.9. The second-order valence-electron chi connectivity index (χ2n) is 18.0. The molecule has 0 aliphatic carbocycles. The zero-order chi connectivity index (χ0) is 43.9. The molecule has 0 saturated heterocycles. The number of nitrogens with two attached hydrogens (primary N) is 2. The number of rotatable bonds is 8. The summed E-state index contributed by atoms with van der Waals surface area (Å²) in [6, 6.07) is 44.8. The van der Waals surface area contributed by atoms with Crippen molar-refractivity contribution in [3.05, 3.63) is 167 Å². The molecule has 0 spiro atoms. The highest BCUT2D eigenvalue weighted by Crippen LogP contribution is 2.44. The molecule has 8 aromatic rings. The van der Waals surface area contributed by atoms with Crippen molar-refractivity contribution in [3.8, 4) is 11.5 Å². The second-order valence-corrected chi connectivity index (χ2v) is 18.0. The topological polar surface area (TPSA) is 156 Å². The molecule has 0 atom stereocenters. The Morgan fingerprint density at radius 1 is 0.400 bits per heavy atom. The number of H-pyrrole nitrogens is 4. The second kappa shape index (κ2) is 18.3. The van der Waals surface area contributed by atoms with Crippen molar-refractivity contribution in [3.63, 3.8) is 0 Å². The molecule has 8 nitrogen and oxygen atoms in total. The van der Waals surface area contributed by atoms with Crippen LogP contribution < -0.4 is 11.5 Å². The van der Waals surface area contributed by atoms with E-state index in [1.807, 2.05) is 84.9 Å². The fourth-order valence-corrected chi connectivity index (χ4v) is 7.03. The van der Waals surface area contributed by atoms with Crippen molar-refractivity contribution in [1.29, 1.82) is 0 Å². The van der Waals surface area contributed by atoms with Crippen LogP contribution in [0.1, 0.15) is 115 Å². The maximum atomic E-state index is 10.7. The largest absolute Gasteiger partial charge is 0.505 e. The van der Waals surface area contributed by atoms with Gasteiger partial charge in [0.15, 0.2) is 0 Å². The summed E-state index contributed by atoms with van der Waals surface area (Å²) < 4.78 is 0. The Hall–Kier alpha value is -6.28. The van der Waals surface area contributed by atoms with E-state index in [2.05, 4.69) is 138 Å². The van der Waals surface area contributed by atoms with Crippen LogP contribution in [-0.2, 0) is 21.7 Å². The molecule has 0 bridgehead atoms. The number of hydrogen-bond donors (Lipinski definition) is 8. The molecule has 10 N–H and O–H groups in total. The first-order chi connectivity index (χ1) is 28.3. The molecule has 2 aromatic heterocycles. The predicted octanol–water partition coefficient (Wildman–Crippen LogP) is 13.0. The Balaban J connectivity index is 0.000000170. The standard InChI is InChI=1S/C24H27NO.C16H27NO.2C6H6N2/c1-23(2,17-11-7-5-8-12-17)19-15-20(22(26)21(25)16-19)24(3,4)18-13-9-6-10-14-18;1-7-15(3,4)11-9-12(16(5,6)8-2)14(18)13(17)10-11;2*1-2-4-6-5(3-1)7-8-6/h5-16,26H,25H2,1-4H3;9-10,18H,7-8,17H2,1-6H3;2*1-4,7-8H. The molecule has 316 valence electrons. The average Bonchev–Trinajstić information content (AvgIpc) is 3.22. The van der Waals surface area contributed by atoms with Crippen molar-refractivity contribution < 1.29 is 10.2 Å². The van der Waals surface area contributed by atoms with Crippen LogP contribution in [0.3, 0.4) is 0 Å². The van der Waals surface area contributed by atoms with Gasteiger partial charge in [-0.1, -0.05) is 166 Å². The Bertz CT molecular complexity index is 2450. The van der Waals surface area contributed by atoms with Gasteiger partial charge in [-0.3, -0.25) is 20.4 Å². The number of anilines is 2. The van der Waals surface area contributed by atoms with E-state index in [9.17, 15) is 10.2 Å². The van der Waals surface area contributed by atoms with E-state index in [1.165, 1.54) is 33.2 Å². The van der Waals surface area contributed by atoms with Gasteiger partial charge in [-0.2, -0.15) is 0 Å². The Morgan fingerprint density at radius 2 is 0.733 bits per heavy atom. The highest BCUT2D eigenvalue weighted by molar-refractivity contribution is 5.76. The minimum absolute atomic E-state index is 0.0575. The van der Waals surface area contributed by atoms with Gasteiger partial charge >= 0.3 is 0 Å². The predicted molar refractivity (Wildman–Crippen MR) is 254 cm³/mol. The van der Waals surface area contributed by atoms with Gasteiger partial charge in [0.25, 0.3) is 0 Å². The van der Waals surface area contributed by atoms with Crippen LogP contribution in [0.5, 0.6) is 11.5 Å². The van der Waals surface area contributed by atoms with Crippen molar-refractivity contribution in [1.82, 2.24) is 20.4 Å². The Labute approximate surface area is 356 Å². The van der Waals surface area contributed by atoms with E-state index >= 15 is 0 Å². The number of benzene rings is 6. The number of fused-ring (bicyclic) bond motifs is 2. The quantitative estimate of drug-likeness (QED) is 0.0568. The molecule has 0 unspecified atom stereocenters. The van der Waals surface area contributed by atoms with E-state index in [4.69, 9.17) is 11.5 Å². The monoisotopic (exact) mass is 807 g/mol. The summed E-state index contributed by atoms with van der Waals surface area (Å²) in [6.45, 7) is 21.6. The number of nitrogens with one attached hydrogen (secondary N) is 4. The minimum atomic E-state index is -0.359. The number of aromatic amines is 4. The first-order valence-corrected chi connectivity index (χ1v) is 20.9. The number of hydrogen-bond acceptors (Lipinski definition) is 4. The third kappa shape index (κ3) is 9.94. The van der Waals surface area contributed by atoms with E-state index in [0.29, 0.717) is 11.4 Å². The summed E-state index contributed by atoms with van der Waals surface area (Å²) in [4.78, 5) is 0. The molecule has 0 amide bonds. The fraction of sp³-hybridized carbons (Fsp3) is 0.308. The molecular weight excluding hydrogens is 741 g/mol. The van der Waals surface area contributed by atoms with Gasteiger partial charge in [0, 0.05) is 22.0 Å². The molecule has 0 aliphatic rings. The fourth-order valence-electron chi connectivity index (χ4n) is 7.03. The first-order valence-electron chi connectivity index (χ1n) is 20.9. The van der Waals surface area contributed by atoms with Gasteiger partial charge in [-0.15, -0.1) is 0 Å². The van der Waals surface area contributed by atoms with Crippen molar-refractivity contribution in [2.45, 2.75) is 104 Å². The minimum Gasteiger partial charge on any atom is -0.505 e. The van der Waals surface area contributed by atoms with Crippen LogP contribution in [0, 0.1) is 0 Å². The molecule has 0 aliphatic heterocycles. The number of aromatic hydroxyl groups is 2. The van der Waals surface area contributed by atoms with Crippen LogP contribution in [0.2, 0.25) is 0 Å². The van der Waals surface area contributed by atoms with Crippen LogP contribution in [-0.4, -0.2) is 30.6 Å². The summed E-state index contributed by atoms with van der Waals surface area (Å²) in [7, 11) is 0. The number of phenols is 2. The molecule has 60 heavy (non-hydrogen) atoms. The van der Waals surface area contributed by atoms with Gasteiger partial charge in [-0.05, 0) is 82.3 Å². The summed E-state index contributed by atoms with van der Waals surface area (Å²) in [5.74, 6) is 0.420. The van der Waals surface area contributed by atoms with Crippen molar-refractivity contribution >= 4 is 33.4 Å². The smallest absolute Gasteiger partial charge is 0.142 e. The highest BCUT2D eigenvalue weighted by atomic mass is 16.3. The zero-order valence-electron chi connectivity index (χ0n) is 37.2. The maximum Gasteiger partial charge on any atom is 0.142 e. The van der Waals surface area contributed by atoms with E-state index in [-0.39, 0.29) is 33.2 Å². The molecule has 6 aromatic carbocycles. The van der Waals surface area contributed by atoms with Gasteiger partial charge in [0.2, 0.25) is 0 Å². The number of nitrogen functional groups attached to an aromatic ring is 2. The van der Waals surface area contributed by atoms with Gasteiger partial charge < -0.3 is 21.7 Å². The molecule has 8 heteroatoms. The summed E-state index contributed by atoms with van der Waals surface area (Å²) in [5.41, 5.74) is 23.8. The zero-order valence-corrected chi connectivity index (χ0v) is 37.2. The molecule has 0 saturated carbocycles. The third-order valence-corrected chi connectivity index (χ3v) is 12.5. The molecule has 0 radical (unpaired) electrons. The van der Waals surface area contributed by atoms with E-state index < -0.39 is 0 Å². The molecular formula is C52H66N6O2. The number of phenolic OH excluding ortho intramolecular Hbond substituents is 2. The number of aromatic nitrogens is 4. The van der Waals surface area contributed by atoms with Crippen LogP contribution in [0.15, 0.2) is 133 Å². The van der Waals surface area contributed by atoms with Gasteiger partial charge in [0.1, 0.15) is 11.5 Å². The van der Waals surface area contributed by atoms with Gasteiger partial charge in [0.05, 0.1) is 33.4 Å². The lowest BCUT2D eigenvalue weighted by Crippen LogP contribution is -2.23. The molecule has 0 fully saturated rings. The van der Waals surface area contributed by atoms with Crippen molar-refractivity contribution in [2.24, 2.45) is 0 Å². The van der Waals surface area contributed by atoms with E-state index in [0.717, 1.165) is 35.1 Å². The lowest BCUT2D eigenvalue weighted by Gasteiger charge is -2.32. The average molecular weight is 807 g/mol. The maximum absolute atomic E-state index is 10.7. The van der Waals surface area contributed by atoms with E-state index in [1.54, 1.807) is 0 Å². The SMILES string of the molecule is CC(C)(c1ccccc1)c1cc(N)c(O)c(C(C)(C)c2ccccc2)c1.CCC(C)(C)c1cc(N)c(O)c(C(C)(C)CC)c1.c1ccc2[nH][nH]c2c1.c1ccc2[nH][nH]c2c1. The van der Waals surface area contributed by atoms with Crippen molar-refractivity contribution in [2.75, 3.05) is 11.5 Å². The third-order valence-electron chi connectivity index (χ3n) is 12.5. The molecule has 8 rings (SSSR count). The van der Waals surface area contributed by atoms with Gasteiger partial charge in [-0.25, -0.2) is 0 Å². The summed E-state index contributed by atoms with van der Waals surface area (Å²) in [6.07, 6.45) is 2.01. The highest BCUT2D eigenvalue weighted by Gasteiger charge is 2.32. The summed E-state index contributed by atoms with van der Waals surface area (Å²) >= 11 is 0. The Kier molecular flexibility index (Phi) is 13.7. The molecule has 2 heterocycles. The first kappa shape index (κ1) is 44.8. The number of para-hydroxylation sites is 4. The van der Waals surface area contributed by atoms with Crippen LogP contribution >= 0.6 is 0 Å². The Morgan fingerprint density at radius 3 is 1.10 bits per heavy atom.